The van der Waals surface area contributed by atoms with Gasteiger partial charge >= 0.3 is 6.09 Å². The quantitative estimate of drug-likeness (QED) is 0.604. The molecule has 0 saturated heterocycles. The van der Waals surface area contributed by atoms with Crippen molar-refractivity contribution >= 4 is 12.0 Å². The van der Waals surface area contributed by atoms with Crippen molar-refractivity contribution < 1.29 is 14.3 Å². The van der Waals surface area contributed by atoms with Crippen LogP contribution in [0.4, 0.5) is 4.79 Å². The molecular weight excluding hydrogens is 294 g/mol. The highest BCUT2D eigenvalue weighted by molar-refractivity contribution is 5.78. The topological polar surface area (TPSA) is 79.5 Å². The van der Waals surface area contributed by atoms with Crippen molar-refractivity contribution in [2.75, 3.05) is 26.2 Å². The Labute approximate surface area is 140 Å². The molecule has 0 radical (unpaired) electrons. The lowest BCUT2D eigenvalue weighted by molar-refractivity contribution is -0.120. The first-order valence-corrected chi connectivity index (χ1v) is 8.61. The van der Waals surface area contributed by atoms with Crippen LogP contribution in [0.1, 0.15) is 47.5 Å². The van der Waals surface area contributed by atoms with Crippen LogP contribution in [0.15, 0.2) is 0 Å². The van der Waals surface area contributed by atoms with Crippen molar-refractivity contribution in [1.82, 2.24) is 16.0 Å². The molecule has 0 aromatic heterocycles. The summed E-state index contributed by atoms with van der Waals surface area (Å²) in [4.78, 5) is 23.4. The molecule has 0 aromatic rings. The first kappa shape index (κ1) is 19.7. The molecule has 1 fully saturated rings. The van der Waals surface area contributed by atoms with Gasteiger partial charge in [0.15, 0.2) is 0 Å². The first-order chi connectivity index (χ1) is 10.7. The molecule has 2 amide bonds. The summed E-state index contributed by atoms with van der Waals surface area (Å²) < 4.78 is 5.24. The highest BCUT2D eigenvalue weighted by Gasteiger charge is 2.22. The highest BCUT2D eigenvalue weighted by atomic mass is 16.6. The second kappa shape index (κ2) is 9.11. The first-order valence-electron chi connectivity index (χ1n) is 8.61. The summed E-state index contributed by atoms with van der Waals surface area (Å²) in [5, 5.41) is 8.92. The van der Waals surface area contributed by atoms with Crippen molar-refractivity contribution in [2.24, 2.45) is 17.8 Å². The van der Waals surface area contributed by atoms with E-state index in [9.17, 15) is 9.59 Å². The Bertz CT molecular complexity index is 387. The molecule has 0 aromatic carbocycles. The fourth-order valence-electron chi connectivity index (χ4n) is 2.09. The molecular formula is C17H33N3O3. The molecule has 6 heteroatoms. The molecule has 1 aliphatic rings. The lowest BCUT2D eigenvalue weighted by Crippen LogP contribution is -2.42. The van der Waals surface area contributed by atoms with Gasteiger partial charge in [-0.1, -0.05) is 13.8 Å². The summed E-state index contributed by atoms with van der Waals surface area (Å²) in [6, 6.07) is 0. The maximum Gasteiger partial charge on any atom is 0.407 e. The second-order valence-corrected chi connectivity index (χ2v) is 7.77. The lowest BCUT2D eigenvalue weighted by atomic mass is 9.96. The molecule has 6 nitrogen and oxygen atoms in total. The van der Waals surface area contributed by atoms with Gasteiger partial charge in [-0.25, -0.2) is 4.79 Å². The van der Waals surface area contributed by atoms with Gasteiger partial charge in [0, 0.05) is 19.6 Å². The Kier molecular flexibility index (Phi) is 7.82. The molecule has 1 aliphatic carbocycles. The standard InChI is InChI=1S/C17H33N3O3/c1-12(2)14(10-20-16(22)23-17(3,4)5)9-18-11-15(21)19-8-13-6-7-13/h12-14,18H,6-11H2,1-5H3,(H,19,21)(H,20,22)/t14-/m0/s1. The van der Waals surface area contributed by atoms with Crippen molar-refractivity contribution in [1.29, 1.82) is 0 Å². The van der Waals surface area contributed by atoms with Gasteiger partial charge < -0.3 is 20.7 Å². The van der Waals surface area contributed by atoms with E-state index in [-0.39, 0.29) is 11.8 Å². The van der Waals surface area contributed by atoms with E-state index in [1.165, 1.54) is 12.8 Å². The van der Waals surface area contributed by atoms with E-state index in [0.29, 0.717) is 31.5 Å². The number of amides is 2. The van der Waals surface area contributed by atoms with E-state index in [4.69, 9.17) is 4.74 Å². The summed E-state index contributed by atoms with van der Waals surface area (Å²) >= 11 is 0. The molecule has 0 aliphatic heterocycles. The van der Waals surface area contributed by atoms with Crippen LogP contribution in [-0.2, 0) is 9.53 Å². The number of hydrogen-bond acceptors (Lipinski definition) is 4. The lowest BCUT2D eigenvalue weighted by Gasteiger charge is -2.24. The van der Waals surface area contributed by atoms with E-state index in [1.807, 2.05) is 20.8 Å². The maximum absolute atomic E-state index is 11.7. The largest absolute Gasteiger partial charge is 0.444 e. The van der Waals surface area contributed by atoms with Crippen molar-refractivity contribution in [3.8, 4) is 0 Å². The van der Waals surface area contributed by atoms with Gasteiger partial charge in [0.2, 0.25) is 5.91 Å². The van der Waals surface area contributed by atoms with Crippen LogP contribution in [0.2, 0.25) is 0 Å². The third-order valence-corrected chi connectivity index (χ3v) is 3.83. The average molecular weight is 327 g/mol. The minimum absolute atomic E-state index is 0.0412. The molecule has 134 valence electrons. The summed E-state index contributed by atoms with van der Waals surface area (Å²) in [6.45, 7) is 12.1. The minimum atomic E-state index is -0.491. The van der Waals surface area contributed by atoms with Gasteiger partial charge in [-0.15, -0.1) is 0 Å². The SMILES string of the molecule is CC(C)[C@@H](CNCC(=O)NCC1CC1)CNC(=O)OC(C)(C)C. The summed E-state index contributed by atoms with van der Waals surface area (Å²) in [7, 11) is 0. The van der Waals surface area contributed by atoms with Gasteiger partial charge in [0.05, 0.1) is 6.54 Å². The van der Waals surface area contributed by atoms with Crippen LogP contribution >= 0.6 is 0 Å². The Morgan fingerprint density at radius 2 is 1.78 bits per heavy atom. The summed E-state index contributed by atoms with van der Waals surface area (Å²) in [5.74, 6) is 1.38. The Hall–Kier alpha value is -1.30. The minimum Gasteiger partial charge on any atom is -0.444 e. The number of ether oxygens (including phenoxy) is 1. The monoisotopic (exact) mass is 327 g/mol. The van der Waals surface area contributed by atoms with Gasteiger partial charge in [-0.2, -0.15) is 0 Å². The van der Waals surface area contributed by atoms with Gasteiger partial charge in [-0.05, 0) is 51.4 Å². The van der Waals surface area contributed by atoms with Gasteiger partial charge in [-0.3, -0.25) is 4.79 Å². The third kappa shape index (κ3) is 10.2. The summed E-state index contributed by atoms with van der Waals surface area (Å²) in [6.07, 6.45) is 2.07. The van der Waals surface area contributed by atoms with Gasteiger partial charge in [0.1, 0.15) is 5.60 Å². The van der Waals surface area contributed by atoms with Crippen LogP contribution in [-0.4, -0.2) is 43.8 Å². The Morgan fingerprint density at radius 1 is 1.13 bits per heavy atom. The molecule has 1 rings (SSSR count). The molecule has 0 bridgehead atoms. The Balaban J connectivity index is 2.20. The number of carbonyl (C=O) groups is 2. The fraction of sp³-hybridized carbons (Fsp3) is 0.882. The van der Waals surface area contributed by atoms with Crippen LogP contribution in [0.5, 0.6) is 0 Å². The number of rotatable bonds is 9. The smallest absolute Gasteiger partial charge is 0.407 e. The highest BCUT2D eigenvalue weighted by Crippen LogP contribution is 2.27. The number of hydrogen-bond donors (Lipinski definition) is 3. The van der Waals surface area contributed by atoms with Crippen LogP contribution < -0.4 is 16.0 Å². The van der Waals surface area contributed by atoms with E-state index >= 15 is 0 Å². The van der Waals surface area contributed by atoms with Crippen LogP contribution in [0.25, 0.3) is 0 Å². The average Bonchev–Trinajstić information content (AvgIpc) is 3.21. The predicted molar refractivity (Wildman–Crippen MR) is 91.2 cm³/mol. The molecule has 1 saturated carbocycles. The van der Waals surface area contributed by atoms with E-state index < -0.39 is 11.7 Å². The normalized spacial score (nSPS) is 16.1. The zero-order chi connectivity index (χ0) is 17.5. The van der Waals surface area contributed by atoms with Crippen molar-refractivity contribution in [2.45, 2.75) is 53.1 Å². The number of carbonyl (C=O) groups excluding carboxylic acids is 2. The van der Waals surface area contributed by atoms with Gasteiger partial charge in [0.25, 0.3) is 0 Å². The van der Waals surface area contributed by atoms with Crippen molar-refractivity contribution in [3.63, 3.8) is 0 Å². The maximum atomic E-state index is 11.7. The summed E-state index contributed by atoms with van der Waals surface area (Å²) in [5.41, 5.74) is -0.491. The predicted octanol–water partition coefficient (Wildman–Crippen LogP) is 1.90. The molecule has 3 N–H and O–H groups in total. The van der Waals surface area contributed by atoms with E-state index in [0.717, 1.165) is 6.54 Å². The third-order valence-electron chi connectivity index (χ3n) is 3.83. The molecule has 0 spiro atoms. The molecule has 0 heterocycles. The number of nitrogens with one attached hydrogen (secondary N) is 3. The number of alkyl carbamates (subject to hydrolysis) is 1. The molecule has 0 unspecified atom stereocenters. The van der Waals surface area contributed by atoms with Crippen molar-refractivity contribution in [3.05, 3.63) is 0 Å². The zero-order valence-electron chi connectivity index (χ0n) is 15.2. The van der Waals surface area contributed by atoms with Crippen LogP contribution in [0, 0.1) is 17.8 Å². The van der Waals surface area contributed by atoms with E-state index in [2.05, 4.69) is 29.8 Å². The van der Waals surface area contributed by atoms with E-state index in [1.54, 1.807) is 0 Å². The van der Waals surface area contributed by atoms with Crippen LogP contribution in [0.3, 0.4) is 0 Å². The zero-order valence-corrected chi connectivity index (χ0v) is 15.2. The molecule has 23 heavy (non-hydrogen) atoms. The fourth-order valence-corrected chi connectivity index (χ4v) is 2.09. The second-order valence-electron chi connectivity index (χ2n) is 7.77. The molecule has 1 atom stereocenters. The Morgan fingerprint density at radius 3 is 2.30 bits per heavy atom.